The summed E-state index contributed by atoms with van der Waals surface area (Å²) >= 11 is 1.35. The minimum Gasteiger partial charge on any atom is -0.468 e. The molecule has 0 amide bonds. The van der Waals surface area contributed by atoms with Crippen molar-refractivity contribution in [1.29, 1.82) is 0 Å². The Hall–Kier alpha value is -1.01. The van der Waals surface area contributed by atoms with E-state index in [4.69, 9.17) is 4.74 Å². The van der Waals surface area contributed by atoms with Crippen LogP contribution in [0.15, 0.2) is 0 Å². The first-order valence-electron chi connectivity index (χ1n) is 6.28. The Morgan fingerprint density at radius 2 is 2.22 bits per heavy atom. The summed E-state index contributed by atoms with van der Waals surface area (Å²) in [6.07, 6.45) is 2.10. The second-order valence-corrected chi connectivity index (χ2v) is 5.91. The molecule has 2 bridgehead atoms. The van der Waals surface area contributed by atoms with E-state index < -0.39 is 5.41 Å². The highest BCUT2D eigenvalue weighted by Gasteiger charge is 2.56. The van der Waals surface area contributed by atoms with Gasteiger partial charge in [0.2, 0.25) is 0 Å². The molecule has 0 spiro atoms. The van der Waals surface area contributed by atoms with Crippen molar-refractivity contribution in [3.63, 3.8) is 0 Å². The third-order valence-electron chi connectivity index (χ3n) is 4.22. The molecule has 6 heteroatoms. The van der Waals surface area contributed by atoms with Crippen LogP contribution in [-0.4, -0.2) is 47.0 Å². The first-order chi connectivity index (χ1) is 8.66. The van der Waals surface area contributed by atoms with E-state index in [0.29, 0.717) is 5.92 Å². The molecule has 4 heterocycles. The number of fused-ring (bicyclic) bond motifs is 3. The molecule has 1 unspecified atom stereocenters. The zero-order chi connectivity index (χ0) is 12.8. The number of esters is 1. The molecule has 0 aromatic carbocycles. The molecule has 3 aliphatic rings. The van der Waals surface area contributed by atoms with Gasteiger partial charge in [0.1, 0.15) is 16.2 Å². The van der Waals surface area contributed by atoms with Gasteiger partial charge in [0.25, 0.3) is 0 Å². The molecule has 0 N–H and O–H groups in total. The van der Waals surface area contributed by atoms with Crippen molar-refractivity contribution < 1.29 is 9.53 Å². The Labute approximate surface area is 110 Å². The maximum absolute atomic E-state index is 12.4. The van der Waals surface area contributed by atoms with Crippen molar-refractivity contribution in [3.8, 4) is 0 Å². The highest BCUT2D eigenvalue weighted by molar-refractivity contribution is 7.05. The van der Waals surface area contributed by atoms with Gasteiger partial charge >= 0.3 is 5.97 Å². The molecule has 1 atom stereocenters. The number of carbonyl (C=O) groups excluding carboxylic acids is 1. The van der Waals surface area contributed by atoms with E-state index in [1.165, 1.54) is 18.6 Å². The van der Waals surface area contributed by atoms with Gasteiger partial charge in [-0.25, -0.2) is 4.98 Å². The van der Waals surface area contributed by atoms with E-state index >= 15 is 0 Å². The van der Waals surface area contributed by atoms with E-state index in [0.717, 1.165) is 43.3 Å². The molecule has 4 rings (SSSR count). The number of aromatic nitrogens is 2. The SMILES string of the molecule is COC(=O)C1(c2nc(C)ns2)CN2CCC1CC2. The van der Waals surface area contributed by atoms with Crippen LogP contribution in [0.5, 0.6) is 0 Å². The number of piperidine rings is 3. The number of carbonyl (C=O) groups is 1. The highest BCUT2D eigenvalue weighted by atomic mass is 32.1. The van der Waals surface area contributed by atoms with Crippen molar-refractivity contribution >= 4 is 17.5 Å². The third-order valence-corrected chi connectivity index (χ3v) is 5.20. The van der Waals surface area contributed by atoms with Crippen molar-refractivity contribution in [2.24, 2.45) is 5.92 Å². The van der Waals surface area contributed by atoms with Gasteiger partial charge in [0.05, 0.1) is 7.11 Å². The van der Waals surface area contributed by atoms with Crippen LogP contribution in [-0.2, 0) is 14.9 Å². The lowest BCUT2D eigenvalue weighted by Gasteiger charge is -2.50. The summed E-state index contributed by atoms with van der Waals surface area (Å²) in [7, 11) is 1.47. The number of hydrogen-bond donors (Lipinski definition) is 0. The Morgan fingerprint density at radius 1 is 1.50 bits per heavy atom. The zero-order valence-electron chi connectivity index (χ0n) is 10.7. The van der Waals surface area contributed by atoms with E-state index in [1.807, 2.05) is 6.92 Å². The van der Waals surface area contributed by atoms with Gasteiger partial charge in [-0.1, -0.05) is 0 Å². The fourth-order valence-corrected chi connectivity index (χ4v) is 4.20. The van der Waals surface area contributed by atoms with E-state index in [-0.39, 0.29) is 5.97 Å². The fourth-order valence-electron chi connectivity index (χ4n) is 3.29. The molecular weight excluding hydrogens is 250 g/mol. The molecular formula is C12H17N3O2S. The molecule has 1 aromatic rings. The number of aryl methyl sites for hydroxylation is 1. The lowest BCUT2D eigenvalue weighted by molar-refractivity contribution is -0.156. The van der Waals surface area contributed by atoms with Crippen LogP contribution < -0.4 is 0 Å². The van der Waals surface area contributed by atoms with Crippen LogP contribution >= 0.6 is 11.5 Å². The Balaban J connectivity index is 2.07. The Bertz CT molecular complexity index is 468. The maximum Gasteiger partial charge on any atom is 0.320 e. The van der Waals surface area contributed by atoms with Gasteiger partial charge in [-0.15, -0.1) is 0 Å². The van der Waals surface area contributed by atoms with E-state index in [1.54, 1.807) is 0 Å². The quantitative estimate of drug-likeness (QED) is 0.748. The predicted octanol–water partition coefficient (Wildman–Crippen LogP) is 0.983. The standard InChI is InChI=1S/C12H17N3O2S/c1-8-13-10(18-14-8)12(11(16)17-2)7-15-5-3-9(12)4-6-15/h9H,3-7H2,1-2H3. The second-order valence-electron chi connectivity index (χ2n) is 5.16. The highest BCUT2D eigenvalue weighted by Crippen LogP contribution is 2.45. The van der Waals surface area contributed by atoms with E-state index in [2.05, 4.69) is 14.3 Å². The van der Waals surface area contributed by atoms with Crippen LogP contribution in [0.25, 0.3) is 0 Å². The molecule has 3 saturated heterocycles. The third kappa shape index (κ3) is 1.59. The summed E-state index contributed by atoms with van der Waals surface area (Å²) in [4.78, 5) is 19.2. The minimum atomic E-state index is -0.572. The smallest absolute Gasteiger partial charge is 0.320 e. The molecule has 3 aliphatic heterocycles. The number of nitrogens with zero attached hydrogens (tertiary/aromatic N) is 3. The largest absolute Gasteiger partial charge is 0.468 e. The van der Waals surface area contributed by atoms with Crippen molar-refractivity contribution in [1.82, 2.24) is 14.3 Å². The van der Waals surface area contributed by atoms with Gasteiger partial charge in [0.15, 0.2) is 0 Å². The van der Waals surface area contributed by atoms with Gasteiger partial charge < -0.3 is 9.64 Å². The normalized spacial score (nSPS) is 34.6. The summed E-state index contributed by atoms with van der Waals surface area (Å²) in [6, 6.07) is 0. The van der Waals surface area contributed by atoms with Crippen molar-refractivity contribution in [2.45, 2.75) is 25.2 Å². The molecule has 5 nitrogen and oxygen atoms in total. The lowest BCUT2D eigenvalue weighted by Crippen LogP contribution is -2.61. The molecule has 98 valence electrons. The fraction of sp³-hybridized carbons (Fsp3) is 0.750. The van der Waals surface area contributed by atoms with Crippen molar-refractivity contribution in [2.75, 3.05) is 26.7 Å². The van der Waals surface area contributed by atoms with Gasteiger partial charge in [-0.3, -0.25) is 4.79 Å². The van der Waals surface area contributed by atoms with Gasteiger partial charge in [-0.05, 0) is 50.3 Å². The van der Waals surface area contributed by atoms with Crippen LogP contribution in [0.2, 0.25) is 0 Å². The number of ether oxygens (including phenoxy) is 1. The van der Waals surface area contributed by atoms with Crippen molar-refractivity contribution in [3.05, 3.63) is 10.8 Å². The van der Waals surface area contributed by atoms with Crippen LogP contribution in [0.3, 0.4) is 0 Å². The van der Waals surface area contributed by atoms with Crippen LogP contribution in [0.1, 0.15) is 23.7 Å². The second kappa shape index (κ2) is 4.28. The number of rotatable bonds is 2. The van der Waals surface area contributed by atoms with Gasteiger partial charge in [0, 0.05) is 6.54 Å². The van der Waals surface area contributed by atoms with E-state index in [9.17, 15) is 4.79 Å². The summed E-state index contributed by atoms with van der Waals surface area (Å²) in [5.74, 6) is 0.949. The predicted molar refractivity (Wildman–Crippen MR) is 67.5 cm³/mol. The monoisotopic (exact) mass is 267 g/mol. The zero-order valence-corrected chi connectivity index (χ0v) is 11.5. The summed E-state index contributed by atoms with van der Waals surface area (Å²) < 4.78 is 9.32. The van der Waals surface area contributed by atoms with Gasteiger partial charge in [-0.2, -0.15) is 4.37 Å². The number of methoxy groups -OCH3 is 1. The first kappa shape index (κ1) is 12.0. The average Bonchev–Trinajstić information content (AvgIpc) is 2.86. The Kier molecular flexibility index (Phi) is 2.86. The maximum atomic E-state index is 12.4. The molecule has 1 aromatic heterocycles. The summed E-state index contributed by atoms with van der Waals surface area (Å²) in [5.41, 5.74) is -0.572. The first-order valence-corrected chi connectivity index (χ1v) is 7.05. The molecule has 18 heavy (non-hydrogen) atoms. The van der Waals surface area contributed by atoms with Crippen LogP contribution in [0.4, 0.5) is 0 Å². The Morgan fingerprint density at radius 3 is 2.67 bits per heavy atom. The average molecular weight is 267 g/mol. The molecule has 3 fully saturated rings. The summed E-state index contributed by atoms with van der Waals surface area (Å²) in [5, 5.41) is 0.834. The topological polar surface area (TPSA) is 55.3 Å². The number of hydrogen-bond acceptors (Lipinski definition) is 6. The molecule has 0 aliphatic carbocycles. The molecule has 0 radical (unpaired) electrons. The molecule has 0 saturated carbocycles. The van der Waals surface area contributed by atoms with Crippen LogP contribution in [0, 0.1) is 12.8 Å². The summed E-state index contributed by atoms with van der Waals surface area (Å²) in [6.45, 7) is 4.77. The lowest BCUT2D eigenvalue weighted by atomic mass is 9.67. The minimum absolute atomic E-state index is 0.145.